The van der Waals surface area contributed by atoms with Crippen molar-refractivity contribution in [1.29, 1.82) is 5.26 Å². The van der Waals surface area contributed by atoms with E-state index in [1.807, 2.05) is 6.20 Å². The Morgan fingerprint density at radius 1 is 1.05 bits per heavy atom. The second kappa shape index (κ2) is 9.49. The molecular formula is C16H25N3. The van der Waals surface area contributed by atoms with Crippen molar-refractivity contribution >= 4 is 0 Å². The lowest BCUT2D eigenvalue weighted by molar-refractivity contribution is 0.498. The van der Waals surface area contributed by atoms with E-state index in [0.29, 0.717) is 11.6 Å². The molecule has 3 heteroatoms. The van der Waals surface area contributed by atoms with E-state index in [1.54, 1.807) is 0 Å². The first-order valence-corrected chi connectivity index (χ1v) is 7.53. The van der Waals surface area contributed by atoms with E-state index < -0.39 is 0 Å². The number of unbranched alkanes of at least 4 members (excludes halogenated alkanes) is 4. The van der Waals surface area contributed by atoms with Crippen molar-refractivity contribution in [3.63, 3.8) is 0 Å². The molecule has 1 atom stereocenters. The molecule has 0 spiro atoms. The number of aromatic nitrogens is 2. The third-order valence-electron chi connectivity index (χ3n) is 3.50. The van der Waals surface area contributed by atoms with Gasteiger partial charge >= 0.3 is 0 Å². The van der Waals surface area contributed by atoms with Crippen molar-refractivity contribution in [2.75, 3.05) is 0 Å². The van der Waals surface area contributed by atoms with Gasteiger partial charge in [0.2, 0.25) is 0 Å². The first-order valence-electron chi connectivity index (χ1n) is 7.53. The fraction of sp³-hybridized carbons (Fsp3) is 0.688. The first kappa shape index (κ1) is 15.6. The molecule has 1 heterocycles. The van der Waals surface area contributed by atoms with Crippen molar-refractivity contribution in [1.82, 2.24) is 9.97 Å². The molecule has 1 aromatic heterocycles. The molecule has 1 unspecified atom stereocenters. The number of nitrogens with zero attached hydrogens (tertiary/aromatic N) is 3. The SMILES string of the molecule is CCCCCCC(CCCC)c1cncc(C#N)n1. The standard InChI is InChI=1S/C16H25N3/c1-3-5-7-8-10-14(9-6-4-2)16-13-18-12-15(11-17)19-16/h12-14H,3-10H2,1-2H3. The number of hydrogen-bond acceptors (Lipinski definition) is 3. The highest BCUT2D eigenvalue weighted by molar-refractivity contribution is 5.18. The molecule has 0 radical (unpaired) electrons. The highest BCUT2D eigenvalue weighted by Crippen LogP contribution is 2.26. The molecule has 0 fully saturated rings. The van der Waals surface area contributed by atoms with Crippen LogP contribution < -0.4 is 0 Å². The summed E-state index contributed by atoms with van der Waals surface area (Å²) in [6.45, 7) is 4.45. The Hall–Kier alpha value is -1.43. The number of nitriles is 1. The van der Waals surface area contributed by atoms with Gasteiger partial charge in [0.05, 0.1) is 11.9 Å². The summed E-state index contributed by atoms with van der Waals surface area (Å²) in [6, 6.07) is 2.08. The summed E-state index contributed by atoms with van der Waals surface area (Å²) >= 11 is 0. The minimum atomic E-state index is 0.438. The van der Waals surface area contributed by atoms with E-state index in [1.165, 1.54) is 51.1 Å². The summed E-state index contributed by atoms with van der Waals surface area (Å²) in [6.07, 6.45) is 13.3. The Morgan fingerprint density at radius 2 is 1.79 bits per heavy atom. The van der Waals surface area contributed by atoms with Crippen LogP contribution in [0.5, 0.6) is 0 Å². The average molecular weight is 259 g/mol. The monoisotopic (exact) mass is 259 g/mol. The Labute approximate surface area is 117 Å². The average Bonchev–Trinajstić information content (AvgIpc) is 2.46. The van der Waals surface area contributed by atoms with Gasteiger partial charge in [-0.3, -0.25) is 4.98 Å². The first-order chi connectivity index (χ1) is 9.31. The predicted molar refractivity (Wildman–Crippen MR) is 77.8 cm³/mol. The van der Waals surface area contributed by atoms with Crippen LogP contribution in [0.3, 0.4) is 0 Å². The summed E-state index contributed by atoms with van der Waals surface area (Å²) < 4.78 is 0. The molecule has 0 aliphatic rings. The summed E-state index contributed by atoms with van der Waals surface area (Å²) in [5, 5.41) is 8.91. The molecule has 104 valence electrons. The normalized spacial score (nSPS) is 12.1. The van der Waals surface area contributed by atoms with Gasteiger partial charge in [-0.05, 0) is 12.8 Å². The molecule has 3 nitrogen and oxygen atoms in total. The third kappa shape index (κ3) is 5.83. The van der Waals surface area contributed by atoms with E-state index in [-0.39, 0.29) is 0 Å². The molecule has 0 saturated carbocycles. The van der Waals surface area contributed by atoms with Crippen LogP contribution >= 0.6 is 0 Å². The molecule has 0 amide bonds. The van der Waals surface area contributed by atoms with Gasteiger partial charge in [0, 0.05) is 12.1 Å². The van der Waals surface area contributed by atoms with Crippen molar-refractivity contribution in [3.05, 3.63) is 23.8 Å². The molecule has 1 rings (SSSR count). The van der Waals surface area contributed by atoms with Gasteiger partial charge in [-0.2, -0.15) is 5.26 Å². The molecule has 0 aromatic carbocycles. The Kier molecular flexibility index (Phi) is 7.81. The van der Waals surface area contributed by atoms with Gasteiger partial charge in [0.1, 0.15) is 6.07 Å². The zero-order valence-electron chi connectivity index (χ0n) is 12.2. The Balaban J connectivity index is 2.63. The van der Waals surface area contributed by atoms with Gasteiger partial charge < -0.3 is 0 Å². The Morgan fingerprint density at radius 3 is 2.47 bits per heavy atom. The third-order valence-corrected chi connectivity index (χ3v) is 3.50. The van der Waals surface area contributed by atoms with E-state index in [2.05, 4.69) is 29.9 Å². The quantitative estimate of drug-likeness (QED) is 0.609. The lowest BCUT2D eigenvalue weighted by atomic mass is 9.92. The molecular weight excluding hydrogens is 234 g/mol. The molecule has 0 aliphatic heterocycles. The smallest absolute Gasteiger partial charge is 0.159 e. The largest absolute Gasteiger partial charge is 0.260 e. The zero-order valence-corrected chi connectivity index (χ0v) is 12.2. The Bertz CT molecular complexity index is 395. The molecule has 0 bridgehead atoms. The maximum atomic E-state index is 8.91. The highest BCUT2D eigenvalue weighted by Gasteiger charge is 2.13. The maximum absolute atomic E-state index is 8.91. The molecule has 0 saturated heterocycles. The van der Waals surface area contributed by atoms with Crippen LogP contribution in [0.2, 0.25) is 0 Å². The minimum absolute atomic E-state index is 0.438. The zero-order chi connectivity index (χ0) is 13.9. The second-order valence-electron chi connectivity index (χ2n) is 5.13. The van der Waals surface area contributed by atoms with Gasteiger partial charge in [-0.1, -0.05) is 52.4 Å². The molecule has 1 aromatic rings. The van der Waals surface area contributed by atoms with Crippen LogP contribution in [0.1, 0.15) is 82.5 Å². The summed E-state index contributed by atoms with van der Waals surface area (Å²) in [4.78, 5) is 8.56. The van der Waals surface area contributed by atoms with Crippen LogP contribution in [0.25, 0.3) is 0 Å². The lowest BCUT2D eigenvalue weighted by Crippen LogP contribution is -2.04. The van der Waals surface area contributed by atoms with Gasteiger partial charge in [-0.15, -0.1) is 0 Å². The van der Waals surface area contributed by atoms with Gasteiger partial charge in [0.25, 0.3) is 0 Å². The van der Waals surface area contributed by atoms with Crippen molar-refractivity contribution < 1.29 is 0 Å². The lowest BCUT2D eigenvalue weighted by Gasteiger charge is -2.15. The van der Waals surface area contributed by atoms with E-state index in [4.69, 9.17) is 5.26 Å². The van der Waals surface area contributed by atoms with Crippen LogP contribution in [0, 0.1) is 11.3 Å². The molecule has 19 heavy (non-hydrogen) atoms. The van der Waals surface area contributed by atoms with E-state index in [0.717, 1.165) is 12.1 Å². The summed E-state index contributed by atoms with van der Waals surface area (Å²) in [7, 11) is 0. The molecule has 0 N–H and O–H groups in total. The van der Waals surface area contributed by atoms with Gasteiger partial charge in [0.15, 0.2) is 5.69 Å². The minimum Gasteiger partial charge on any atom is -0.260 e. The molecule has 0 aliphatic carbocycles. The number of hydrogen-bond donors (Lipinski definition) is 0. The summed E-state index contributed by atoms with van der Waals surface area (Å²) in [5.74, 6) is 0.470. The van der Waals surface area contributed by atoms with E-state index in [9.17, 15) is 0 Å². The highest BCUT2D eigenvalue weighted by atomic mass is 14.8. The van der Waals surface area contributed by atoms with Crippen molar-refractivity contribution in [2.24, 2.45) is 0 Å². The van der Waals surface area contributed by atoms with Crippen molar-refractivity contribution in [3.8, 4) is 6.07 Å². The predicted octanol–water partition coefficient (Wildman–Crippen LogP) is 4.59. The van der Waals surface area contributed by atoms with Crippen LogP contribution in [0.15, 0.2) is 12.4 Å². The van der Waals surface area contributed by atoms with E-state index >= 15 is 0 Å². The van der Waals surface area contributed by atoms with Crippen LogP contribution in [0.4, 0.5) is 0 Å². The number of rotatable bonds is 9. The maximum Gasteiger partial charge on any atom is 0.159 e. The fourth-order valence-electron chi connectivity index (χ4n) is 2.34. The van der Waals surface area contributed by atoms with Crippen LogP contribution in [-0.4, -0.2) is 9.97 Å². The second-order valence-corrected chi connectivity index (χ2v) is 5.13. The topological polar surface area (TPSA) is 49.6 Å². The van der Waals surface area contributed by atoms with Gasteiger partial charge in [-0.25, -0.2) is 4.98 Å². The fourth-order valence-corrected chi connectivity index (χ4v) is 2.34. The summed E-state index contributed by atoms with van der Waals surface area (Å²) in [5.41, 5.74) is 1.44. The van der Waals surface area contributed by atoms with Crippen molar-refractivity contribution in [2.45, 2.75) is 71.1 Å². The van der Waals surface area contributed by atoms with Crippen LogP contribution in [-0.2, 0) is 0 Å².